The van der Waals surface area contributed by atoms with Crippen LogP contribution < -0.4 is 0 Å². The lowest BCUT2D eigenvalue weighted by Crippen LogP contribution is -1.97. The Balaban J connectivity index is 0.000000252. The van der Waals surface area contributed by atoms with Gasteiger partial charge < -0.3 is 4.74 Å². The second-order valence-corrected chi connectivity index (χ2v) is 2.43. The molecule has 1 rings (SSSR count). The van der Waals surface area contributed by atoms with Crippen LogP contribution >= 0.6 is 0 Å². The summed E-state index contributed by atoms with van der Waals surface area (Å²) in [6.07, 6.45) is 4.54. The molecule has 3 nitrogen and oxygen atoms in total. The average molecular weight is 180 g/mol. The second-order valence-electron chi connectivity index (χ2n) is 2.43. The molecule has 0 amide bonds. The van der Waals surface area contributed by atoms with E-state index >= 15 is 0 Å². The van der Waals surface area contributed by atoms with Crippen LogP contribution in [0.4, 0.5) is 0 Å². The predicted molar refractivity (Wildman–Crippen MR) is 53.6 cm³/mol. The smallest absolute Gasteiger partial charge is 0.225 e. The number of ether oxygens (including phenoxy) is 1. The van der Waals surface area contributed by atoms with Gasteiger partial charge in [0, 0.05) is 5.57 Å². The van der Waals surface area contributed by atoms with Gasteiger partial charge in [-0.05, 0) is 19.9 Å². The summed E-state index contributed by atoms with van der Waals surface area (Å²) in [6.45, 7) is 8.86. The molecule has 1 radical (unpaired) electrons. The summed E-state index contributed by atoms with van der Waals surface area (Å²) in [6, 6.07) is 0. The Bertz CT molecular complexity index is 229. The maximum absolute atomic E-state index is 9.19. The zero-order valence-electron chi connectivity index (χ0n) is 8.04. The van der Waals surface area contributed by atoms with E-state index in [4.69, 9.17) is 4.74 Å². The Morgan fingerprint density at radius 1 is 1.77 bits per heavy atom. The molecule has 3 heteroatoms. The topological polar surface area (TPSA) is 38.7 Å². The third-order valence-corrected chi connectivity index (χ3v) is 1.19. The van der Waals surface area contributed by atoms with Crippen molar-refractivity contribution in [1.82, 2.24) is 0 Å². The van der Waals surface area contributed by atoms with Crippen molar-refractivity contribution in [2.75, 3.05) is 13.2 Å². The number of allylic oxidation sites excluding steroid dienone is 2. The largest absolute Gasteiger partial charge is 0.476 e. The molecule has 0 spiro atoms. The van der Waals surface area contributed by atoms with E-state index in [1.807, 2.05) is 6.92 Å². The summed E-state index contributed by atoms with van der Waals surface area (Å²) in [5.74, 6) is 0.727. The van der Waals surface area contributed by atoms with Crippen LogP contribution in [0.25, 0.3) is 0 Å². The molecular formula is C10H14NO2. The van der Waals surface area contributed by atoms with Gasteiger partial charge in [0.15, 0.2) is 0 Å². The molecule has 0 saturated heterocycles. The molecule has 1 aliphatic heterocycles. The Kier molecular flexibility index (Phi) is 6.51. The van der Waals surface area contributed by atoms with Crippen molar-refractivity contribution in [3.8, 4) is 0 Å². The first-order valence-corrected chi connectivity index (χ1v) is 4.04. The SMILES string of the molecule is C=C(C)C1=NCCO1.CC=C[C]=O. The summed E-state index contributed by atoms with van der Waals surface area (Å²) in [5.41, 5.74) is 0.919. The summed E-state index contributed by atoms with van der Waals surface area (Å²) in [4.78, 5) is 13.2. The third kappa shape index (κ3) is 5.84. The second kappa shape index (κ2) is 7.28. The third-order valence-electron chi connectivity index (χ3n) is 1.19. The molecule has 0 unspecified atom stereocenters. The molecular weight excluding hydrogens is 166 g/mol. The molecule has 1 aliphatic rings. The van der Waals surface area contributed by atoms with Crippen LogP contribution in [0, 0.1) is 0 Å². The van der Waals surface area contributed by atoms with Crippen LogP contribution in [-0.2, 0) is 9.53 Å². The molecule has 0 saturated carbocycles. The first-order valence-electron chi connectivity index (χ1n) is 4.04. The fourth-order valence-corrected chi connectivity index (χ4v) is 0.661. The van der Waals surface area contributed by atoms with E-state index in [1.54, 1.807) is 19.3 Å². The van der Waals surface area contributed by atoms with Crippen LogP contribution in [-0.4, -0.2) is 25.3 Å². The van der Waals surface area contributed by atoms with Crippen molar-refractivity contribution in [1.29, 1.82) is 0 Å². The number of carbonyl (C=O) groups excluding carboxylic acids is 1. The Morgan fingerprint density at radius 3 is 2.62 bits per heavy atom. The standard InChI is InChI=1S/C6H9NO.C4H5O/c1-5(2)6-7-3-4-8-6;1-2-3-4-5/h1,3-4H2,2H3;2-3H,1H3. The van der Waals surface area contributed by atoms with Crippen molar-refractivity contribution in [2.45, 2.75) is 13.8 Å². The fourth-order valence-electron chi connectivity index (χ4n) is 0.661. The average Bonchev–Trinajstić information content (AvgIpc) is 2.58. The van der Waals surface area contributed by atoms with E-state index in [2.05, 4.69) is 11.6 Å². The van der Waals surface area contributed by atoms with E-state index in [0.29, 0.717) is 0 Å². The number of nitrogens with zero attached hydrogens (tertiary/aromatic N) is 1. The lowest BCUT2D eigenvalue weighted by atomic mass is 10.4. The van der Waals surface area contributed by atoms with E-state index in [0.717, 1.165) is 24.6 Å². The van der Waals surface area contributed by atoms with Gasteiger partial charge in [0.05, 0.1) is 6.54 Å². The molecule has 71 valence electrons. The zero-order valence-corrected chi connectivity index (χ0v) is 8.04. The van der Waals surface area contributed by atoms with Gasteiger partial charge >= 0.3 is 0 Å². The van der Waals surface area contributed by atoms with E-state index in [1.165, 1.54) is 6.08 Å². The zero-order chi connectivity index (χ0) is 10.1. The summed E-state index contributed by atoms with van der Waals surface area (Å²) in [7, 11) is 0. The number of hydrogen-bond acceptors (Lipinski definition) is 3. The summed E-state index contributed by atoms with van der Waals surface area (Å²) in [5, 5.41) is 0. The van der Waals surface area contributed by atoms with Gasteiger partial charge in [0.1, 0.15) is 6.61 Å². The van der Waals surface area contributed by atoms with Crippen molar-refractivity contribution in [2.24, 2.45) is 4.99 Å². The minimum atomic E-state index is 0.724. The van der Waals surface area contributed by atoms with Crippen LogP contribution in [0.2, 0.25) is 0 Å². The minimum Gasteiger partial charge on any atom is -0.476 e. The number of aliphatic imine (C=N–C) groups is 1. The van der Waals surface area contributed by atoms with Gasteiger partial charge in [-0.2, -0.15) is 0 Å². The summed E-state index contributed by atoms with van der Waals surface area (Å²) < 4.78 is 5.06. The number of rotatable bonds is 2. The summed E-state index contributed by atoms with van der Waals surface area (Å²) >= 11 is 0. The van der Waals surface area contributed by atoms with Crippen molar-refractivity contribution in [3.05, 3.63) is 24.3 Å². The highest BCUT2D eigenvalue weighted by Crippen LogP contribution is 2.00. The lowest BCUT2D eigenvalue weighted by Gasteiger charge is -1.95. The maximum Gasteiger partial charge on any atom is 0.225 e. The Morgan fingerprint density at radius 2 is 2.46 bits per heavy atom. The maximum atomic E-state index is 9.19. The molecule has 0 aromatic heterocycles. The van der Waals surface area contributed by atoms with Gasteiger partial charge in [-0.25, -0.2) is 4.99 Å². The van der Waals surface area contributed by atoms with E-state index in [9.17, 15) is 4.79 Å². The Labute approximate surface area is 78.8 Å². The molecule has 0 atom stereocenters. The van der Waals surface area contributed by atoms with E-state index in [-0.39, 0.29) is 0 Å². The highest BCUT2D eigenvalue weighted by Gasteiger charge is 2.05. The van der Waals surface area contributed by atoms with Gasteiger partial charge in [0.2, 0.25) is 12.2 Å². The van der Waals surface area contributed by atoms with Gasteiger partial charge in [-0.3, -0.25) is 4.79 Å². The van der Waals surface area contributed by atoms with Crippen molar-refractivity contribution < 1.29 is 9.53 Å². The quantitative estimate of drug-likeness (QED) is 0.606. The fraction of sp³-hybridized carbons (Fsp3) is 0.400. The molecule has 0 bridgehead atoms. The first-order chi connectivity index (χ1) is 6.22. The van der Waals surface area contributed by atoms with Crippen LogP contribution in [0.5, 0.6) is 0 Å². The Hall–Kier alpha value is -1.38. The van der Waals surface area contributed by atoms with Crippen LogP contribution in [0.3, 0.4) is 0 Å². The minimum absolute atomic E-state index is 0.724. The molecule has 0 aromatic rings. The molecule has 1 heterocycles. The number of hydrogen-bond donors (Lipinski definition) is 0. The van der Waals surface area contributed by atoms with Gasteiger partial charge in [0.25, 0.3) is 0 Å². The lowest BCUT2D eigenvalue weighted by molar-refractivity contribution is 0.347. The van der Waals surface area contributed by atoms with Gasteiger partial charge in [-0.1, -0.05) is 12.7 Å². The highest BCUT2D eigenvalue weighted by atomic mass is 16.5. The van der Waals surface area contributed by atoms with Crippen molar-refractivity contribution >= 4 is 12.2 Å². The molecule has 0 fully saturated rings. The molecule has 13 heavy (non-hydrogen) atoms. The predicted octanol–water partition coefficient (Wildman–Crippen LogP) is 1.66. The molecule has 0 N–H and O–H groups in total. The molecule has 0 aromatic carbocycles. The monoisotopic (exact) mass is 180 g/mol. The van der Waals surface area contributed by atoms with Gasteiger partial charge in [-0.15, -0.1) is 0 Å². The van der Waals surface area contributed by atoms with E-state index < -0.39 is 0 Å². The highest BCUT2D eigenvalue weighted by molar-refractivity contribution is 5.93. The van der Waals surface area contributed by atoms with Crippen LogP contribution in [0.15, 0.2) is 29.3 Å². The van der Waals surface area contributed by atoms with Crippen molar-refractivity contribution in [3.63, 3.8) is 0 Å². The molecule has 0 aliphatic carbocycles. The first kappa shape index (κ1) is 11.6. The normalized spacial score (nSPS) is 14.2. The van der Waals surface area contributed by atoms with Crippen LogP contribution in [0.1, 0.15) is 13.8 Å².